The highest BCUT2D eigenvalue weighted by Gasteiger charge is 2.37. The first kappa shape index (κ1) is 14.5. The third-order valence-electron chi connectivity index (χ3n) is 5.11. The molecule has 1 aromatic carbocycles. The van der Waals surface area contributed by atoms with Gasteiger partial charge in [0.25, 0.3) is 5.69 Å². The number of nitro groups is 1. The first-order valence-electron chi connectivity index (χ1n) is 7.79. The van der Waals surface area contributed by atoms with Crippen LogP contribution in [0.25, 0.3) is 0 Å². The standard InChI is InChI=1S/C16H23N3O2/c1-18-15-6-7-16(18)9-13(8-15)11-17-10-12-2-4-14(5-3-12)19(20)21/h2-5,13,15-17H,6-11H2,1H3. The van der Waals surface area contributed by atoms with E-state index in [1.165, 1.54) is 25.7 Å². The number of hydrogen-bond acceptors (Lipinski definition) is 4. The fourth-order valence-electron chi connectivity index (χ4n) is 3.85. The molecule has 0 amide bonds. The average Bonchev–Trinajstić information content (AvgIpc) is 2.70. The molecule has 0 aromatic heterocycles. The normalized spacial score (nSPS) is 28.7. The van der Waals surface area contributed by atoms with Crippen LogP contribution in [0.15, 0.2) is 24.3 Å². The lowest BCUT2D eigenvalue weighted by molar-refractivity contribution is -0.384. The molecule has 114 valence electrons. The second-order valence-electron chi connectivity index (χ2n) is 6.44. The Hall–Kier alpha value is -1.46. The number of hydrogen-bond donors (Lipinski definition) is 1. The largest absolute Gasteiger partial charge is 0.312 e. The molecule has 2 fully saturated rings. The van der Waals surface area contributed by atoms with Crippen LogP contribution in [-0.2, 0) is 6.54 Å². The number of non-ortho nitro benzene ring substituents is 1. The number of nitrogens with one attached hydrogen (secondary N) is 1. The lowest BCUT2D eigenvalue weighted by Gasteiger charge is -2.36. The van der Waals surface area contributed by atoms with Gasteiger partial charge in [-0.2, -0.15) is 0 Å². The van der Waals surface area contributed by atoms with Gasteiger partial charge in [-0.05, 0) is 50.8 Å². The van der Waals surface area contributed by atoms with Crippen molar-refractivity contribution in [1.29, 1.82) is 0 Å². The quantitative estimate of drug-likeness (QED) is 0.668. The van der Waals surface area contributed by atoms with Crippen molar-refractivity contribution in [2.24, 2.45) is 5.92 Å². The average molecular weight is 289 g/mol. The van der Waals surface area contributed by atoms with E-state index >= 15 is 0 Å². The Morgan fingerprint density at radius 2 is 1.86 bits per heavy atom. The van der Waals surface area contributed by atoms with Gasteiger partial charge in [-0.3, -0.25) is 10.1 Å². The van der Waals surface area contributed by atoms with Crippen molar-refractivity contribution in [2.45, 2.75) is 44.3 Å². The number of rotatable bonds is 5. The van der Waals surface area contributed by atoms with Crippen LogP contribution in [0.3, 0.4) is 0 Å². The van der Waals surface area contributed by atoms with Gasteiger partial charge in [0, 0.05) is 30.8 Å². The molecule has 0 saturated carbocycles. The Balaban J connectivity index is 1.45. The van der Waals surface area contributed by atoms with E-state index in [1.54, 1.807) is 12.1 Å². The summed E-state index contributed by atoms with van der Waals surface area (Å²) >= 11 is 0. The SMILES string of the molecule is CN1C2CCC1CC(CNCc1ccc([N+](=O)[O-])cc1)C2. The summed E-state index contributed by atoms with van der Waals surface area (Å²) in [6.45, 7) is 1.84. The number of piperidine rings is 1. The maximum absolute atomic E-state index is 10.6. The lowest BCUT2D eigenvalue weighted by atomic mass is 9.91. The van der Waals surface area contributed by atoms with Crippen LogP contribution in [0.5, 0.6) is 0 Å². The van der Waals surface area contributed by atoms with Gasteiger partial charge >= 0.3 is 0 Å². The second kappa shape index (κ2) is 6.12. The summed E-state index contributed by atoms with van der Waals surface area (Å²) in [5.41, 5.74) is 1.27. The Kier molecular flexibility index (Phi) is 4.22. The summed E-state index contributed by atoms with van der Waals surface area (Å²) in [6.07, 6.45) is 5.33. The van der Waals surface area contributed by atoms with E-state index in [0.717, 1.165) is 36.7 Å². The zero-order chi connectivity index (χ0) is 14.8. The van der Waals surface area contributed by atoms with Crippen molar-refractivity contribution < 1.29 is 4.92 Å². The molecule has 2 unspecified atom stereocenters. The van der Waals surface area contributed by atoms with Crippen molar-refractivity contribution in [3.63, 3.8) is 0 Å². The summed E-state index contributed by atoms with van der Waals surface area (Å²) in [5.74, 6) is 0.775. The lowest BCUT2D eigenvalue weighted by Crippen LogP contribution is -2.42. The molecular weight excluding hydrogens is 266 g/mol. The van der Waals surface area contributed by atoms with Crippen molar-refractivity contribution in [2.75, 3.05) is 13.6 Å². The van der Waals surface area contributed by atoms with Crippen molar-refractivity contribution in [3.8, 4) is 0 Å². The molecule has 2 heterocycles. The summed E-state index contributed by atoms with van der Waals surface area (Å²) < 4.78 is 0. The van der Waals surface area contributed by atoms with Gasteiger partial charge in [0.05, 0.1) is 4.92 Å². The maximum Gasteiger partial charge on any atom is 0.269 e. The van der Waals surface area contributed by atoms with Gasteiger partial charge in [-0.15, -0.1) is 0 Å². The molecule has 2 bridgehead atoms. The molecule has 2 atom stereocenters. The minimum absolute atomic E-state index is 0.158. The molecule has 0 radical (unpaired) electrons. The molecule has 5 heteroatoms. The summed E-state index contributed by atoms with van der Waals surface area (Å²) in [5, 5.41) is 14.1. The maximum atomic E-state index is 10.6. The van der Waals surface area contributed by atoms with Gasteiger partial charge < -0.3 is 10.2 Å². The van der Waals surface area contributed by atoms with Gasteiger partial charge in [-0.25, -0.2) is 0 Å². The summed E-state index contributed by atoms with van der Waals surface area (Å²) in [6, 6.07) is 8.40. The molecule has 0 aliphatic carbocycles. The molecule has 0 spiro atoms. The molecule has 2 aliphatic heterocycles. The Bertz CT molecular complexity index is 489. The minimum Gasteiger partial charge on any atom is -0.312 e. The molecule has 1 N–H and O–H groups in total. The predicted octanol–water partition coefficient (Wildman–Crippen LogP) is 2.56. The minimum atomic E-state index is -0.356. The summed E-state index contributed by atoms with van der Waals surface area (Å²) in [7, 11) is 2.27. The predicted molar refractivity (Wildman–Crippen MR) is 82.1 cm³/mol. The van der Waals surface area contributed by atoms with Gasteiger partial charge in [-0.1, -0.05) is 12.1 Å². The van der Waals surface area contributed by atoms with Crippen LogP contribution < -0.4 is 5.32 Å². The smallest absolute Gasteiger partial charge is 0.269 e. The van der Waals surface area contributed by atoms with E-state index in [1.807, 2.05) is 12.1 Å². The molecule has 2 saturated heterocycles. The summed E-state index contributed by atoms with van der Waals surface area (Å²) in [4.78, 5) is 12.8. The third-order valence-corrected chi connectivity index (χ3v) is 5.11. The van der Waals surface area contributed by atoms with Crippen LogP contribution in [0, 0.1) is 16.0 Å². The number of fused-ring (bicyclic) bond motifs is 2. The van der Waals surface area contributed by atoms with Gasteiger partial charge in [0.1, 0.15) is 0 Å². The molecular formula is C16H23N3O2. The third kappa shape index (κ3) is 3.24. The van der Waals surface area contributed by atoms with E-state index < -0.39 is 0 Å². The number of nitro benzene ring substituents is 1. The van der Waals surface area contributed by atoms with E-state index in [2.05, 4.69) is 17.3 Å². The van der Waals surface area contributed by atoms with E-state index in [0.29, 0.717) is 0 Å². The van der Waals surface area contributed by atoms with Crippen LogP contribution in [0.2, 0.25) is 0 Å². The van der Waals surface area contributed by atoms with Crippen LogP contribution in [-0.4, -0.2) is 35.5 Å². The van der Waals surface area contributed by atoms with Crippen LogP contribution >= 0.6 is 0 Å². The van der Waals surface area contributed by atoms with Crippen molar-refractivity contribution in [1.82, 2.24) is 10.2 Å². The fourth-order valence-corrected chi connectivity index (χ4v) is 3.85. The van der Waals surface area contributed by atoms with E-state index in [9.17, 15) is 10.1 Å². The molecule has 2 aliphatic rings. The van der Waals surface area contributed by atoms with Crippen LogP contribution in [0.4, 0.5) is 5.69 Å². The molecule has 5 nitrogen and oxygen atoms in total. The monoisotopic (exact) mass is 289 g/mol. The van der Waals surface area contributed by atoms with E-state index in [-0.39, 0.29) is 10.6 Å². The number of benzene rings is 1. The zero-order valence-corrected chi connectivity index (χ0v) is 12.5. The Morgan fingerprint density at radius 1 is 1.24 bits per heavy atom. The molecule has 3 rings (SSSR count). The van der Waals surface area contributed by atoms with Crippen molar-refractivity contribution >= 4 is 5.69 Å². The molecule has 21 heavy (non-hydrogen) atoms. The van der Waals surface area contributed by atoms with Crippen molar-refractivity contribution in [3.05, 3.63) is 39.9 Å². The highest BCUT2D eigenvalue weighted by molar-refractivity contribution is 5.32. The Labute approximate surface area is 125 Å². The fraction of sp³-hybridized carbons (Fsp3) is 0.625. The first-order valence-corrected chi connectivity index (χ1v) is 7.79. The number of nitrogens with zero attached hydrogens (tertiary/aromatic N) is 2. The highest BCUT2D eigenvalue weighted by Crippen LogP contribution is 2.37. The van der Waals surface area contributed by atoms with Gasteiger partial charge in [0.2, 0.25) is 0 Å². The van der Waals surface area contributed by atoms with Gasteiger partial charge in [0.15, 0.2) is 0 Å². The highest BCUT2D eigenvalue weighted by atomic mass is 16.6. The second-order valence-corrected chi connectivity index (χ2v) is 6.44. The molecule has 1 aromatic rings. The van der Waals surface area contributed by atoms with E-state index in [4.69, 9.17) is 0 Å². The Morgan fingerprint density at radius 3 is 2.43 bits per heavy atom. The zero-order valence-electron chi connectivity index (χ0n) is 12.5. The topological polar surface area (TPSA) is 58.4 Å². The first-order chi connectivity index (χ1) is 10.1. The van der Waals surface area contributed by atoms with Crippen LogP contribution in [0.1, 0.15) is 31.2 Å².